The Hall–Kier alpha value is -2.69. The van der Waals surface area contributed by atoms with E-state index in [0.29, 0.717) is 17.9 Å². The Morgan fingerprint density at radius 1 is 0.909 bits per heavy atom. The third-order valence-electron chi connectivity index (χ3n) is 2.82. The van der Waals surface area contributed by atoms with Gasteiger partial charge in [0, 0.05) is 0 Å². The van der Waals surface area contributed by atoms with Crippen LogP contribution in [0.5, 0.6) is 5.75 Å². The summed E-state index contributed by atoms with van der Waals surface area (Å²) < 4.78 is 22.9. The molecule has 0 aromatic heterocycles. The first kappa shape index (κ1) is 15.7. The predicted octanol–water partition coefficient (Wildman–Crippen LogP) is 3.61. The maximum atomic E-state index is 12.8. The molecule has 0 unspecified atom stereocenters. The van der Waals surface area contributed by atoms with Crippen LogP contribution < -0.4 is 4.74 Å². The Kier molecular flexibility index (Phi) is 5.25. The van der Waals surface area contributed by atoms with Gasteiger partial charge in [0.1, 0.15) is 11.6 Å². The highest BCUT2D eigenvalue weighted by Gasteiger charge is 2.10. The first-order valence-electron chi connectivity index (χ1n) is 6.85. The molecule has 0 heterocycles. The van der Waals surface area contributed by atoms with Crippen molar-refractivity contribution >= 4 is 11.9 Å². The van der Waals surface area contributed by atoms with Gasteiger partial charge < -0.3 is 9.47 Å². The van der Waals surface area contributed by atoms with Crippen LogP contribution in [0.4, 0.5) is 4.39 Å². The average molecular weight is 302 g/mol. The molecule has 2 aromatic rings. The molecule has 0 aliphatic heterocycles. The van der Waals surface area contributed by atoms with Crippen LogP contribution in [0.15, 0.2) is 48.5 Å². The van der Waals surface area contributed by atoms with Crippen LogP contribution >= 0.6 is 0 Å². The van der Waals surface area contributed by atoms with Gasteiger partial charge in [-0.05, 0) is 55.0 Å². The predicted molar refractivity (Wildman–Crippen MR) is 78.4 cm³/mol. The molecule has 5 heteroatoms. The van der Waals surface area contributed by atoms with E-state index in [1.807, 2.05) is 6.92 Å². The molecule has 0 aliphatic carbocycles. The summed E-state index contributed by atoms with van der Waals surface area (Å²) >= 11 is 0. The number of benzene rings is 2. The second-order valence-corrected chi connectivity index (χ2v) is 4.56. The molecule has 0 saturated carbocycles. The summed E-state index contributed by atoms with van der Waals surface area (Å²) in [4.78, 5) is 23.5. The number of hydrogen-bond acceptors (Lipinski definition) is 4. The molecule has 0 saturated heterocycles. The van der Waals surface area contributed by atoms with Crippen molar-refractivity contribution in [2.75, 3.05) is 6.61 Å². The molecule has 0 bridgehead atoms. The lowest BCUT2D eigenvalue weighted by molar-refractivity contribution is 0.0505. The fourth-order valence-electron chi connectivity index (χ4n) is 1.69. The highest BCUT2D eigenvalue weighted by atomic mass is 19.1. The standard InChI is InChI=1S/C17H15FO4/c1-2-11-21-16(19)12-5-9-15(10-6-12)22-17(20)13-3-7-14(18)8-4-13/h3-10H,2,11H2,1H3. The molecular formula is C17H15FO4. The van der Waals surface area contributed by atoms with E-state index in [2.05, 4.69) is 0 Å². The fourth-order valence-corrected chi connectivity index (χ4v) is 1.69. The lowest BCUT2D eigenvalue weighted by Gasteiger charge is -2.06. The van der Waals surface area contributed by atoms with Gasteiger partial charge in [0.2, 0.25) is 0 Å². The number of carbonyl (C=O) groups is 2. The Bertz CT molecular complexity index is 647. The molecule has 0 amide bonds. The summed E-state index contributed by atoms with van der Waals surface area (Å²) in [5, 5.41) is 0. The second-order valence-electron chi connectivity index (χ2n) is 4.56. The number of halogens is 1. The van der Waals surface area contributed by atoms with Crippen molar-refractivity contribution in [2.45, 2.75) is 13.3 Å². The third kappa shape index (κ3) is 4.15. The maximum absolute atomic E-state index is 12.8. The lowest BCUT2D eigenvalue weighted by Crippen LogP contribution is -2.09. The minimum Gasteiger partial charge on any atom is -0.462 e. The van der Waals surface area contributed by atoms with Crippen molar-refractivity contribution in [2.24, 2.45) is 0 Å². The molecule has 0 spiro atoms. The smallest absolute Gasteiger partial charge is 0.343 e. The Morgan fingerprint density at radius 3 is 2.05 bits per heavy atom. The van der Waals surface area contributed by atoms with Crippen LogP contribution in [0.1, 0.15) is 34.1 Å². The summed E-state index contributed by atoms with van der Waals surface area (Å²) in [5.41, 5.74) is 0.628. The highest BCUT2D eigenvalue weighted by molar-refractivity contribution is 5.92. The minimum absolute atomic E-state index is 0.243. The number of hydrogen-bond donors (Lipinski definition) is 0. The van der Waals surface area contributed by atoms with Gasteiger partial charge in [-0.3, -0.25) is 0 Å². The van der Waals surface area contributed by atoms with Gasteiger partial charge in [-0.15, -0.1) is 0 Å². The van der Waals surface area contributed by atoms with Crippen molar-refractivity contribution in [3.63, 3.8) is 0 Å². The van der Waals surface area contributed by atoms with Gasteiger partial charge in [0.15, 0.2) is 0 Å². The van der Waals surface area contributed by atoms with Gasteiger partial charge in [0.25, 0.3) is 0 Å². The molecule has 2 aromatic carbocycles. The topological polar surface area (TPSA) is 52.6 Å². The van der Waals surface area contributed by atoms with Gasteiger partial charge in [-0.25, -0.2) is 14.0 Å². The zero-order chi connectivity index (χ0) is 15.9. The fraction of sp³-hybridized carbons (Fsp3) is 0.176. The monoisotopic (exact) mass is 302 g/mol. The van der Waals surface area contributed by atoms with Gasteiger partial charge in [-0.1, -0.05) is 6.92 Å². The van der Waals surface area contributed by atoms with Crippen LogP contribution in [0.3, 0.4) is 0 Å². The third-order valence-corrected chi connectivity index (χ3v) is 2.82. The van der Waals surface area contributed by atoms with Crippen molar-refractivity contribution < 1.29 is 23.5 Å². The Labute approximate surface area is 127 Å². The molecule has 0 aliphatic rings. The quantitative estimate of drug-likeness (QED) is 0.625. The summed E-state index contributed by atoms with van der Waals surface area (Å²) in [6.45, 7) is 2.27. The van der Waals surface area contributed by atoms with Gasteiger partial charge >= 0.3 is 11.9 Å². The first-order chi connectivity index (χ1) is 10.6. The van der Waals surface area contributed by atoms with E-state index >= 15 is 0 Å². The van der Waals surface area contributed by atoms with E-state index in [-0.39, 0.29) is 5.56 Å². The molecule has 0 radical (unpaired) electrons. The largest absolute Gasteiger partial charge is 0.462 e. The number of ether oxygens (including phenoxy) is 2. The second kappa shape index (κ2) is 7.36. The molecular weight excluding hydrogens is 287 g/mol. The minimum atomic E-state index is -0.596. The van der Waals surface area contributed by atoms with E-state index in [1.54, 1.807) is 0 Å². The van der Waals surface area contributed by atoms with Gasteiger partial charge in [0.05, 0.1) is 17.7 Å². The number of rotatable bonds is 5. The Morgan fingerprint density at radius 2 is 1.45 bits per heavy atom. The van der Waals surface area contributed by atoms with Crippen molar-refractivity contribution in [1.29, 1.82) is 0 Å². The normalized spacial score (nSPS) is 10.1. The Balaban J connectivity index is 2.00. The van der Waals surface area contributed by atoms with E-state index in [1.165, 1.54) is 48.5 Å². The maximum Gasteiger partial charge on any atom is 0.343 e. The molecule has 0 fully saturated rings. The van der Waals surface area contributed by atoms with E-state index in [0.717, 1.165) is 6.42 Å². The summed E-state index contributed by atoms with van der Waals surface area (Å²) in [6.07, 6.45) is 0.749. The van der Waals surface area contributed by atoms with Crippen molar-refractivity contribution in [3.05, 3.63) is 65.5 Å². The summed E-state index contributed by atoms with van der Waals surface area (Å²) in [5.74, 6) is -1.15. The van der Waals surface area contributed by atoms with Crippen molar-refractivity contribution in [3.8, 4) is 5.75 Å². The molecule has 114 valence electrons. The zero-order valence-electron chi connectivity index (χ0n) is 12.0. The van der Waals surface area contributed by atoms with E-state index in [9.17, 15) is 14.0 Å². The number of carbonyl (C=O) groups excluding carboxylic acids is 2. The lowest BCUT2D eigenvalue weighted by atomic mass is 10.2. The molecule has 4 nitrogen and oxygen atoms in total. The molecule has 0 N–H and O–H groups in total. The van der Waals surface area contributed by atoms with Crippen LogP contribution in [-0.4, -0.2) is 18.5 Å². The highest BCUT2D eigenvalue weighted by Crippen LogP contribution is 2.15. The average Bonchev–Trinajstić information content (AvgIpc) is 2.54. The summed E-state index contributed by atoms with van der Waals surface area (Å²) in [7, 11) is 0. The van der Waals surface area contributed by atoms with Crippen molar-refractivity contribution in [1.82, 2.24) is 0 Å². The van der Waals surface area contributed by atoms with Crippen LogP contribution in [0.25, 0.3) is 0 Å². The summed E-state index contributed by atoms with van der Waals surface area (Å²) in [6, 6.07) is 11.1. The first-order valence-corrected chi connectivity index (χ1v) is 6.85. The van der Waals surface area contributed by atoms with E-state index in [4.69, 9.17) is 9.47 Å². The molecule has 22 heavy (non-hydrogen) atoms. The molecule has 2 rings (SSSR count). The number of esters is 2. The van der Waals surface area contributed by atoms with Gasteiger partial charge in [-0.2, -0.15) is 0 Å². The molecule has 0 atom stereocenters. The zero-order valence-corrected chi connectivity index (χ0v) is 12.0. The SMILES string of the molecule is CCCOC(=O)c1ccc(OC(=O)c2ccc(F)cc2)cc1. The van der Waals surface area contributed by atoms with Crippen LogP contribution in [-0.2, 0) is 4.74 Å². The van der Waals surface area contributed by atoms with E-state index < -0.39 is 17.8 Å². The van der Waals surface area contributed by atoms with Crippen LogP contribution in [0, 0.1) is 5.82 Å². The van der Waals surface area contributed by atoms with Crippen LogP contribution in [0.2, 0.25) is 0 Å².